The lowest BCUT2D eigenvalue weighted by Gasteiger charge is -2.06. The second-order valence-electron chi connectivity index (χ2n) is 5.04. The van der Waals surface area contributed by atoms with Gasteiger partial charge in [0.25, 0.3) is 0 Å². The molecular weight excluding hydrogens is 317 g/mol. The number of aryl methyl sites for hydroxylation is 2. The standard InChI is InChI=1S/C16H14FN3O2S/c1-10-2-3-12(17)13(8-10)18-14(21)4-5-15-19-20-16(22-15)11-6-7-23-9-11/h2-3,6-9H,4-5H2,1H3,(H,18,21). The van der Waals surface area contributed by atoms with Gasteiger partial charge in [0.2, 0.25) is 17.7 Å². The van der Waals surface area contributed by atoms with E-state index in [0.29, 0.717) is 18.2 Å². The van der Waals surface area contributed by atoms with E-state index in [-0.39, 0.29) is 18.0 Å². The molecule has 0 aliphatic carbocycles. The van der Waals surface area contributed by atoms with E-state index in [9.17, 15) is 9.18 Å². The summed E-state index contributed by atoms with van der Waals surface area (Å²) in [6.45, 7) is 1.83. The minimum absolute atomic E-state index is 0.138. The maximum atomic E-state index is 13.6. The summed E-state index contributed by atoms with van der Waals surface area (Å²) in [6.07, 6.45) is 0.440. The highest BCUT2D eigenvalue weighted by atomic mass is 32.1. The number of anilines is 1. The first kappa shape index (κ1) is 15.4. The second-order valence-corrected chi connectivity index (χ2v) is 5.82. The Balaban J connectivity index is 1.58. The van der Waals surface area contributed by atoms with E-state index in [4.69, 9.17) is 4.42 Å². The van der Waals surface area contributed by atoms with Crippen LogP contribution in [0.15, 0.2) is 39.4 Å². The highest BCUT2D eigenvalue weighted by molar-refractivity contribution is 7.08. The van der Waals surface area contributed by atoms with Crippen LogP contribution in [0, 0.1) is 12.7 Å². The van der Waals surface area contributed by atoms with Crippen LogP contribution < -0.4 is 5.32 Å². The number of rotatable bonds is 5. The largest absolute Gasteiger partial charge is 0.421 e. The number of hydrogen-bond acceptors (Lipinski definition) is 5. The fourth-order valence-corrected chi connectivity index (χ4v) is 2.66. The molecule has 5 nitrogen and oxygen atoms in total. The molecular formula is C16H14FN3O2S. The number of aromatic nitrogens is 2. The molecule has 1 N–H and O–H groups in total. The van der Waals surface area contributed by atoms with Gasteiger partial charge >= 0.3 is 0 Å². The van der Waals surface area contributed by atoms with Crippen LogP contribution in [0.4, 0.5) is 10.1 Å². The number of amides is 1. The molecule has 0 fully saturated rings. The van der Waals surface area contributed by atoms with Crippen LogP contribution in [0.1, 0.15) is 17.9 Å². The molecule has 0 spiro atoms. The van der Waals surface area contributed by atoms with Crippen LogP contribution in [0.5, 0.6) is 0 Å². The van der Waals surface area contributed by atoms with Gasteiger partial charge in [-0.2, -0.15) is 11.3 Å². The van der Waals surface area contributed by atoms with Crippen LogP contribution in [0.2, 0.25) is 0 Å². The van der Waals surface area contributed by atoms with E-state index in [1.165, 1.54) is 17.4 Å². The lowest BCUT2D eigenvalue weighted by atomic mass is 10.2. The molecule has 2 heterocycles. The van der Waals surface area contributed by atoms with Crippen molar-refractivity contribution in [3.63, 3.8) is 0 Å². The van der Waals surface area contributed by atoms with Crippen molar-refractivity contribution in [1.82, 2.24) is 10.2 Å². The van der Waals surface area contributed by atoms with Crippen molar-refractivity contribution < 1.29 is 13.6 Å². The summed E-state index contributed by atoms with van der Waals surface area (Å²) in [5.74, 6) is 0.0590. The molecule has 3 aromatic rings. The number of halogens is 1. The fraction of sp³-hybridized carbons (Fsp3) is 0.188. The Morgan fingerprint density at radius 2 is 2.22 bits per heavy atom. The summed E-state index contributed by atoms with van der Waals surface area (Å²) < 4.78 is 19.1. The van der Waals surface area contributed by atoms with Gasteiger partial charge in [-0.3, -0.25) is 4.79 Å². The van der Waals surface area contributed by atoms with Crippen molar-refractivity contribution in [3.05, 3.63) is 52.3 Å². The number of thiophene rings is 1. The minimum Gasteiger partial charge on any atom is -0.421 e. The van der Waals surface area contributed by atoms with Gasteiger partial charge in [-0.05, 0) is 36.1 Å². The van der Waals surface area contributed by atoms with Gasteiger partial charge in [0.1, 0.15) is 5.82 Å². The molecule has 0 saturated carbocycles. The molecule has 7 heteroatoms. The first-order valence-electron chi connectivity index (χ1n) is 7.03. The zero-order chi connectivity index (χ0) is 16.2. The Hall–Kier alpha value is -2.54. The fourth-order valence-electron chi connectivity index (χ4n) is 2.03. The Morgan fingerprint density at radius 3 is 3.00 bits per heavy atom. The lowest BCUT2D eigenvalue weighted by molar-refractivity contribution is -0.116. The van der Waals surface area contributed by atoms with Crippen molar-refractivity contribution in [2.75, 3.05) is 5.32 Å². The smallest absolute Gasteiger partial charge is 0.248 e. The van der Waals surface area contributed by atoms with Crippen LogP contribution in [-0.2, 0) is 11.2 Å². The topological polar surface area (TPSA) is 68.0 Å². The lowest BCUT2D eigenvalue weighted by Crippen LogP contribution is -2.13. The van der Waals surface area contributed by atoms with Gasteiger partial charge in [-0.15, -0.1) is 10.2 Å². The molecule has 1 amide bonds. The molecule has 0 radical (unpaired) electrons. The van der Waals surface area contributed by atoms with Crippen LogP contribution in [0.3, 0.4) is 0 Å². The normalized spacial score (nSPS) is 10.7. The minimum atomic E-state index is -0.457. The van der Waals surface area contributed by atoms with E-state index in [1.54, 1.807) is 12.1 Å². The van der Waals surface area contributed by atoms with E-state index in [1.807, 2.05) is 23.8 Å². The zero-order valence-corrected chi connectivity index (χ0v) is 13.2. The summed E-state index contributed by atoms with van der Waals surface area (Å²) in [7, 11) is 0. The van der Waals surface area contributed by atoms with Gasteiger partial charge in [-0.25, -0.2) is 4.39 Å². The number of nitrogens with one attached hydrogen (secondary N) is 1. The summed E-state index contributed by atoms with van der Waals surface area (Å²) in [5.41, 5.74) is 1.92. The molecule has 0 saturated heterocycles. The molecule has 1 aromatic carbocycles. The Labute approximate surface area is 136 Å². The van der Waals surface area contributed by atoms with Gasteiger partial charge in [-0.1, -0.05) is 6.07 Å². The highest BCUT2D eigenvalue weighted by Crippen LogP contribution is 2.21. The average Bonchev–Trinajstić information content (AvgIpc) is 3.19. The number of nitrogens with zero attached hydrogens (tertiary/aromatic N) is 2. The maximum absolute atomic E-state index is 13.6. The summed E-state index contributed by atoms with van der Waals surface area (Å²) in [6, 6.07) is 6.45. The maximum Gasteiger partial charge on any atom is 0.248 e. The monoisotopic (exact) mass is 331 g/mol. The molecule has 0 aliphatic heterocycles. The number of carbonyl (C=O) groups is 1. The van der Waals surface area contributed by atoms with E-state index >= 15 is 0 Å². The van der Waals surface area contributed by atoms with Crippen molar-refractivity contribution in [2.24, 2.45) is 0 Å². The van der Waals surface area contributed by atoms with Crippen molar-refractivity contribution >= 4 is 22.9 Å². The third-order valence-corrected chi connectivity index (χ3v) is 3.88. The van der Waals surface area contributed by atoms with Gasteiger partial charge < -0.3 is 9.73 Å². The van der Waals surface area contributed by atoms with Crippen LogP contribution in [-0.4, -0.2) is 16.1 Å². The van der Waals surface area contributed by atoms with Gasteiger partial charge in [0, 0.05) is 23.8 Å². The van der Waals surface area contributed by atoms with Crippen molar-refractivity contribution in [2.45, 2.75) is 19.8 Å². The molecule has 0 bridgehead atoms. The first-order chi connectivity index (χ1) is 11.1. The number of carbonyl (C=O) groups excluding carboxylic acids is 1. The third kappa shape index (κ3) is 3.81. The summed E-state index contributed by atoms with van der Waals surface area (Å²) in [5, 5.41) is 14.2. The van der Waals surface area contributed by atoms with Crippen molar-refractivity contribution in [1.29, 1.82) is 0 Å². The molecule has 118 valence electrons. The number of hydrogen-bond donors (Lipinski definition) is 1. The second kappa shape index (κ2) is 6.70. The van der Waals surface area contributed by atoms with Crippen molar-refractivity contribution in [3.8, 4) is 11.5 Å². The molecule has 0 unspecified atom stereocenters. The highest BCUT2D eigenvalue weighted by Gasteiger charge is 2.12. The molecule has 3 rings (SSSR count). The molecule has 23 heavy (non-hydrogen) atoms. The number of benzene rings is 1. The summed E-state index contributed by atoms with van der Waals surface area (Å²) >= 11 is 1.54. The molecule has 0 atom stereocenters. The van der Waals surface area contributed by atoms with E-state index in [0.717, 1.165) is 11.1 Å². The summed E-state index contributed by atoms with van der Waals surface area (Å²) in [4.78, 5) is 11.9. The van der Waals surface area contributed by atoms with E-state index in [2.05, 4.69) is 15.5 Å². The van der Waals surface area contributed by atoms with E-state index < -0.39 is 5.82 Å². The third-order valence-electron chi connectivity index (χ3n) is 3.20. The SMILES string of the molecule is Cc1ccc(F)c(NC(=O)CCc2nnc(-c3ccsc3)o2)c1. The molecule has 2 aromatic heterocycles. The van der Waals surface area contributed by atoms with Gasteiger partial charge in [0.05, 0.1) is 5.69 Å². The Morgan fingerprint density at radius 1 is 1.35 bits per heavy atom. The molecule has 0 aliphatic rings. The van der Waals surface area contributed by atoms with Gasteiger partial charge in [0.15, 0.2) is 0 Å². The first-order valence-corrected chi connectivity index (χ1v) is 7.97. The average molecular weight is 331 g/mol. The Bertz CT molecular complexity index is 815. The quantitative estimate of drug-likeness (QED) is 0.772. The Kier molecular flexibility index (Phi) is 4.47. The predicted octanol–water partition coefficient (Wildman–Crippen LogP) is 3.82. The predicted molar refractivity (Wildman–Crippen MR) is 85.7 cm³/mol. The zero-order valence-electron chi connectivity index (χ0n) is 12.4. The van der Waals surface area contributed by atoms with Crippen LogP contribution >= 0.6 is 11.3 Å². The van der Waals surface area contributed by atoms with Crippen LogP contribution in [0.25, 0.3) is 11.5 Å².